The molecule has 344 valence electrons. The Morgan fingerprint density at radius 1 is 0.324 bits per heavy atom. The van der Waals surface area contributed by atoms with E-state index in [4.69, 9.17) is 4.42 Å². The molecule has 0 fully saturated rings. The quantitative estimate of drug-likeness (QED) is 0.148. The third kappa shape index (κ3) is 6.25. The summed E-state index contributed by atoms with van der Waals surface area (Å²) < 4.78 is 7.00. The number of anilines is 3. The number of hydrogen-bond acceptors (Lipinski definition) is 2. The molecule has 0 amide bonds. The van der Waals surface area contributed by atoms with Gasteiger partial charge in [-0.25, -0.2) is 0 Å². The average molecular weight is 956 g/mol. The summed E-state index contributed by atoms with van der Waals surface area (Å²) in [5.41, 5.74) is 19.2. The Kier molecular flexibility index (Phi) is 9.73. The Balaban J connectivity index is 0.955. The van der Waals surface area contributed by atoms with Crippen LogP contribution in [-0.4, -0.2) is 14.8 Å². The van der Waals surface area contributed by atoms with Crippen LogP contribution < -0.4 is 42.0 Å². The van der Waals surface area contributed by atoms with E-state index in [-0.39, 0.29) is 6.71 Å². The molecule has 2 aliphatic heterocycles. The van der Waals surface area contributed by atoms with Gasteiger partial charge in [-0.3, -0.25) is 0 Å². The summed E-state index contributed by atoms with van der Waals surface area (Å²) in [5, 5.41) is 10.2. The molecule has 0 unspecified atom stereocenters. The first-order chi connectivity index (χ1) is 36.8. The molecule has 1 aromatic heterocycles. The number of benzene rings is 12. The second-order valence-corrected chi connectivity index (χ2v) is 23.5. The van der Waals surface area contributed by atoms with Crippen molar-refractivity contribution in [3.8, 4) is 44.5 Å². The van der Waals surface area contributed by atoms with Crippen molar-refractivity contribution in [3.63, 3.8) is 0 Å². The van der Waals surface area contributed by atoms with Gasteiger partial charge in [0.05, 0.1) is 0 Å². The maximum absolute atomic E-state index is 7.00. The standard InChI is InChI=1S/C70H46BNOSi/c1-6-23-47(24-7-1)54-35-22-36-58-68-66(48-25-8-2-9-26-48)56-33-16-17-34-57(56)67(49-27-10-3-11-28-49)70(68)71(69(54)58)50-41-44-62-59(45-50)55-43-42-51(46-63(55)73-62)72-60-37-18-20-39-64(60)74(52-29-12-4-13-30-52,53-31-14-5-15-32-53)65-40-21-19-38-61(65)72/h1-46H. The second kappa shape index (κ2) is 17.0. The highest BCUT2D eigenvalue weighted by Gasteiger charge is 2.49. The molecule has 0 aliphatic carbocycles. The number of fused-ring (bicyclic) bond motifs is 9. The summed E-state index contributed by atoms with van der Waals surface area (Å²) in [6, 6.07) is 104. The summed E-state index contributed by atoms with van der Waals surface area (Å²) >= 11 is 0. The highest BCUT2D eigenvalue weighted by atomic mass is 28.3. The second-order valence-electron chi connectivity index (χ2n) is 19.8. The fourth-order valence-corrected chi connectivity index (χ4v) is 18.2. The largest absolute Gasteiger partial charge is 0.456 e. The first-order valence-electron chi connectivity index (χ1n) is 25.7. The molecule has 4 heteroatoms. The summed E-state index contributed by atoms with van der Waals surface area (Å²) in [6.45, 7) is -0.0904. The number of hydrogen-bond donors (Lipinski definition) is 0. The number of furan rings is 1. The fourth-order valence-electron chi connectivity index (χ4n) is 13.1. The van der Waals surface area contributed by atoms with E-state index in [1.165, 1.54) is 104 Å². The molecule has 13 aromatic rings. The molecule has 0 spiro atoms. The van der Waals surface area contributed by atoms with E-state index in [1.807, 2.05) is 0 Å². The van der Waals surface area contributed by atoms with Gasteiger partial charge in [-0.1, -0.05) is 259 Å². The van der Waals surface area contributed by atoms with Gasteiger partial charge in [0.15, 0.2) is 8.07 Å². The predicted octanol–water partition coefficient (Wildman–Crippen LogP) is 13.4. The first-order valence-corrected chi connectivity index (χ1v) is 27.7. The minimum atomic E-state index is -2.76. The smallest absolute Gasteiger partial charge is 0.244 e. The Morgan fingerprint density at radius 3 is 1.46 bits per heavy atom. The highest BCUT2D eigenvalue weighted by molar-refractivity contribution is 7.21. The van der Waals surface area contributed by atoms with Crippen LogP contribution in [0.4, 0.5) is 17.1 Å². The molecular weight excluding hydrogens is 910 g/mol. The topological polar surface area (TPSA) is 16.4 Å². The highest BCUT2D eigenvalue weighted by Crippen LogP contribution is 2.46. The number of nitrogens with zero attached hydrogens (tertiary/aromatic N) is 1. The van der Waals surface area contributed by atoms with E-state index in [2.05, 4.69) is 284 Å². The molecule has 12 aromatic carbocycles. The molecule has 0 atom stereocenters. The Bertz CT molecular complexity index is 4220. The molecule has 0 saturated heterocycles. The summed E-state index contributed by atoms with van der Waals surface area (Å²) in [4.78, 5) is 2.47. The zero-order valence-corrected chi connectivity index (χ0v) is 41.5. The van der Waals surface area contributed by atoms with E-state index in [0.29, 0.717) is 0 Å². The molecule has 3 heterocycles. The van der Waals surface area contributed by atoms with Crippen LogP contribution in [0.5, 0.6) is 0 Å². The van der Waals surface area contributed by atoms with Crippen LogP contribution in [0.2, 0.25) is 0 Å². The van der Waals surface area contributed by atoms with Crippen molar-refractivity contribution < 1.29 is 4.42 Å². The van der Waals surface area contributed by atoms with Gasteiger partial charge in [-0.05, 0) is 106 Å². The van der Waals surface area contributed by atoms with Crippen molar-refractivity contribution in [2.75, 3.05) is 4.90 Å². The lowest BCUT2D eigenvalue weighted by atomic mass is 9.37. The SMILES string of the molecule is c1ccc(-c2cccc3c2B(c2ccc4oc5cc(N6c7ccccc7[Si](c7ccccc7)(c7ccccc7)c7ccccc76)ccc5c4c2)c2c-3c(-c3ccccc3)c3ccccc3c2-c2ccccc2)cc1. The zero-order valence-electron chi connectivity index (χ0n) is 40.5. The van der Waals surface area contributed by atoms with Crippen LogP contribution in [0.15, 0.2) is 283 Å². The van der Waals surface area contributed by atoms with Crippen molar-refractivity contribution in [1.82, 2.24) is 0 Å². The molecule has 0 N–H and O–H groups in total. The third-order valence-corrected chi connectivity index (χ3v) is 20.9. The van der Waals surface area contributed by atoms with E-state index in [0.717, 1.165) is 27.6 Å². The maximum atomic E-state index is 7.00. The molecule has 2 nitrogen and oxygen atoms in total. The molecule has 0 radical (unpaired) electrons. The average Bonchev–Trinajstić information content (AvgIpc) is 4.08. The van der Waals surface area contributed by atoms with Crippen molar-refractivity contribution in [2.45, 2.75) is 0 Å². The van der Waals surface area contributed by atoms with Crippen molar-refractivity contribution >= 4 is 102 Å². The maximum Gasteiger partial charge on any atom is 0.244 e. The fraction of sp³-hybridized carbons (Fsp3) is 0. The zero-order chi connectivity index (χ0) is 48.7. The van der Waals surface area contributed by atoms with Crippen LogP contribution in [0.3, 0.4) is 0 Å². The Morgan fingerprint density at radius 2 is 0.838 bits per heavy atom. The van der Waals surface area contributed by atoms with E-state index in [9.17, 15) is 0 Å². The Hall–Kier alpha value is -9.22. The van der Waals surface area contributed by atoms with Gasteiger partial charge < -0.3 is 9.32 Å². The molecule has 2 aliphatic rings. The summed E-state index contributed by atoms with van der Waals surface area (Å²) in [6.07, 6.45) is 0. The minimum absolute atomic E-state index is 0.0904. The van der Waals surface area contributed by atoms with Gasteiger partial charge in [0.1, 0.15) is 11.2 Å². The molecule has 0 saturated carbocycles. The van der Waals surface area contributed by atoms with Gasteiger partial charge in [-0.2, -0.15) is 0 Å². The van der Waals surface area contributed by atoms with Gasteiger partial charge in [-0.15, -0.1) is 0 Å². The lowest BCUT2D eigenvalue weighted by Crippen LogP contribution is -2.77. The Labute approximate surface area is 432 Å². The van der Waals surface area contributed by atoms with E-state index >= 15 is 0 Å². The lowest BCUT2D eigenvalue weighted by molar-refractivity contribution is 0.669. The first kappa shape index (κ1) is 42.5. The van der Waals surface area contributed by atoms with Crippen LogP contribution in [0, 0.1) is 0 Å². The van der Waals surface area contributed by atoms with Gasteiger partial charge in [0.25, 0.3) is 0 Å². The van der Waals surface area contributed by atoms with Crippen molar-refractivity contribution in [1.29, 1.82) is 0 Å². The third-order valence-electron chi connectivity index (χ3n) is 16.0. The van der Waals surface area contributed by atoms with E-state index in [1.54, 1.807) is 0 Å². The summed E-state index contributed by atoms with van der Waals surface area (Å²) in [7, 11) is -2.76. The summed E-state index contributed by atoms with van der Waals surface area (Å²) in [5.74, 6) is 0. The van der Waals surface area contributed by atoms with Gasteiger partial charge >= 0.3 is 0 Å². The molecule has 74 heavy (non-hydrogen) atoms. The van der Waals surface area contributed by atoms with Crippen molar-refractivity contribution in [2.24, 2.45) is 0 Å². The molecular formula is C70H46BNOSi. The van der Waals surface area contributed by atoms with Crippen LogP contribution in [0.25, 0.3) is 77.2 Å². The van der Waals surface area contributed by atoms with E-state index < -0.39 is 8.07 Å². The molecule has 15 rings (SSSR count). The number of rotatable bonds is 7. The van der Waals surface area contributed by atoms with Crippen LogP contribution >= 0.6 is 0 Å². The molecule has 0 bridgehead atoms. The minimum Gasteiger partial charge on any atom is -0.456 e. The predicted molar refractivity (Wildman–Crippen MR) is 316 cm³/mol. The normalized spacial score (nSPS) is 13.2. The number of para-hydroxylation sites is 2. The van der Waals surface area contributed by atoms with Crippen molar-refractivity contribution in [3.05, 3.63) is 279 Å². The van der Waals surface area contributed by atoms with Crippen LogP contribution in [-0.2, 0) is 0 Å². The van der Waals surface area contributed by atoms with Crippen LogP contribution in [0.1, 0.15) is 0 Å². The van der Waals surface area contributed by atoms with Gasteiger partial charge in [0, 0.05) is 33.9 Å². The van der Waals surface area contributed by atoms with Gasteiger partial charge in [0.2, 0.25) is 6.71 Å². The monoisotopic (exact) mass is 955 g/mol. The lowest BCUT2D eigenvalue weighted by Gasteiger charge is -2.45.